The van der Waals surface area contributed by atoms with Gasteiger partial charge in [0.25, 0.3) is 0 Å². The Morgan fingerprint density at radius 1 is 1.19 bits per heavy atom. The highest BCUT2D eigenvalue weighted by atomic mass is 16.4. The van der Waals surface area contributed by atoms with Crippen LogP contribution in [0, 0.1) is 13.8 Å². The van der Waals surface area contributed by atoms with Gasteiger partial charge in [-0.15, -0.1) is 0 Å². The summed E-state index contributed by atoms with van der Waals surface area (Å²) in [6.07, 6.45) is -0.192. The fourth-order valence-corrected chi connectivity index (χ4v) is 3.00. The van der Waals surface area contributed by atoms with E-state index in [1.807, 2.05) is 19.1 Å². The maximum absolute atomic E-state index is 11.4. The van der Waals surface area contributed by atoms with Crippen LogP contribution in [0.3, 0.4) is 0 Å². The van der Waals surface area contributed by atoms with E-state index in [4.69, 9.17) is 0 Å². The molecule has 3 rings (SSSR count). The Kier molecular flexibility index (Phi) is 4.22. The predicted molar refractivity (Wildman–Crippen MR) is 99.6 cm³/mol. The first kappa shape index (κ1) is 17.9. The van der Waals surface area contributed by atoms with Crippen molar-refractivity contribution in [3.63, 3.8) is 0 Å². The number of nitrogens with zero attached hydrogens (tertiary/aromatic N) is 3. The van der Waals surface area contributed by atoms with Crippen molar-refractivity contribution in [1.82, 2.24) is 14.6 Å². The summed E-state index contributed by atoms with van der Waals surface area (Å²) in [4.78, 5) is 16.0. The lowest BCUT2D eigenvalue weighted by Gasteiger charge is -2.15. The van der Waals surface area contributed by atoms with E-state index in [1.165, 1.54) is 0 Å². The van der Waals surface area contributed by atoms with Crippen LogP contribution in [-0.2, 0) is 16.6 Å². The van der Waals surface area contributed by atoms with E-state index in [0.717, 1.165) is 11.3 Å². The molecule has 0 radical (unpaired) electrons. The highest BCUT2D eigenvalue weighted by molar-refractivity contribution is 5.79. The lowest BCUT2D eigenvalue weighted by molar-refractivity contribution is -0.136. The van der Waals surface area contributed by atoms with Crippen LogP contribution < -0.4 is 0 Å². The molecule has 0 saturated heterocycles. The molecule has 0 spiro atoms. The first-order valence-electron chi connectivity index (χ1n) is 8.49. The van der Waals surface area contributed by atoms with E-state index in [-0.39, 0.29) is 17.6 Å². The van der Waals surface area contributed by atoms with Gasteiger partial charge in [-0.1, -0.05) is 26.8 Å². The van der Waals surface area contributed by atoms with Crippen molar-refractivity contribution in [3.8, 4) is 17.0 Å². The first-order valence-corrected chi connectivity index (χ1v) is 8.49. The van der Waals surface area contributed by atoms with Gasteiger partial charge in [0.05, 0.1) is 17.8 Å². The van der Waals surface area contributed by atoms with E-state index in [1.54, 1.807) is 23.6 Å². The number of phenolic OH excluding ortho intramolecular Hbond substituents is 1. The second-order valence-electron chi connectivity index (χ2n) is 7.67. The minimum atomic E-state index is -0.953. The number of hydrogen-bond acceptors (Lipinski definition) is 4. The molecule has 2 N–H and O–H groups in total. The Balaban J connectivity index is 2.41. The van der Waals surface area contributed by atoms with Crippen LogP contribution in [0.2, 0.25) is 0 Å². The standard InChI is InChI=1S/C20H23N3O3/c1-11-6-7-13(15(24)8-11)19-14(9-18(25)26)12(2)21-17-10-16(20(3,4)5)22-23(17)19/h6-8,10,24H,9H2,1-5H3,(H,25,26). The molecule has 0 saturated carbocycles. The van der Waals surface area contributed by atoms with Crippen LogP contribution in [0.1, 0.15) is 43.3 Å². The summed E-state index contributed by atoms with van der Waals surface area (Å²) < 4.78 is 1.65. The smallest absolute Gasteiger partial charge is 0.307 e. The molecule has 136 valence electrons. The number of rotatable bonds is 3. The number of carbonyl (C=O) groups is 1. The number of fused-ring (bicyclic) bond motifs is 1. The second-order valence-corrected chi connectivity index (χ2v) is 7.67. The summed E-state index contributed by atoms with van der Waals surface area (Å²) in [6.45, 7) is 9.85. The van der Waals surface area contributed by atoms with Crippen LogP contribution in [0.5, 0.6) is 5.75 Å². The molecule has 0 atom stereocenters. The first-order chi connectivity index (χ1) is 12.1. The van der Waals surface area contributed by atoms with Gasteiger partial charge in [-0.3, -0.25) is 4.79 Å². The van der Waals surface area contributed by atoms with Crippen LogP contribution in [-0.4, -0.2) is 30.8 Å². The number of benzene rings is 1. The number of aromatic nitrogens is 3. The van der Waals surface area contributed by atoms with E-state index in [0.29, 0.717) is 28.2 Å². The number of aliphatic carboxylic acids is 1. The molecule has 2 aromatic heterocycles. The Hall–Kier alpha value is -2.89. The van der Waals surface area contributed by atoms with Gasteiger partial charge in [0.1, 0.15) is 5.75 Å². The zero-order chi connectivity index (χ0) is 19.2. The molecule has 0 amide bonds. The van der Waals surface area contributed by atoms with E-state index in [9.17, 15) is 15.0 Å². The molecule has 0 fully saturated rings. The molecule has 6 heteroatoms. The van der Waals surface area contributed by atoms with Crippen molar-refractivity contribution in [1.29, 1.82) is 0 Å². The van der Waals surface area contributed by atoms with Crippen molar-refractivity contribution >= 4 is 11.6 Å². The van der Waals surface area contributed by atoms with Gasteiger partial charge in [0, 0.05) is 28.3 Å². The maximum Gasteiger partial charge on any atom is 0.307 e. The van der Waals surface area contributed by atoms with Crippen molar-refractivity contribution in [3.05, 3.63) is 46.8 Å². The van der Waals surface area contributed by atoms with Crippen molar-refractivity contribution < 1.29 is 15.0 Å². The highest BCUT2D eigenvalue weighted by Gasteiger charge is 2.24. The molecule has 0 unspecified atom stereocenters. The Labute approximate surface area is 152 Å². The average Bonchev–Trinajstić information content (AvgIpc) is 2.92. The third-order valence-corrected chi connectivity index (χ3v) is 4.41. The zero-order valence-corrected chi connectivity index (χ0v) is 15.7. The average molecular weight is 353 g/mol. The monoisotopic (exact) mass is 353 g/mol. The Morgan fingerprint density at radius 2 is 1.88 bits per heavy atom. The quantitative estimate of drug-likeness (QED) is 0.750. The van der Waals surface area contributed by atoms with Gasteiger partial charge in [-0.25, -0.2) is 9.50 Å². The lowest BCUT2D eigenvalue weighted by atomic mass is 9.93. The Morgan fingerprint density at radius 3 is 2.46 bits per heavy atom. The molecule has 0 aliphatic heterocycles. The summed E-state index contributed by atoms with van der Waals surface area (Å²) in [7, 11) is 0. The Bertz CT molecular complexity index is 1010. The van der Waals surface area contributed by atoms with Crippen LogP contribution in [0.15, 0.2) is 24.3 Å². The molecule has 0 aliphatic carbocycles. The summed E-state index contributed by atoms with van der Waals surface area (Å²) >= 11 is 0. The SMILES string of the molecule is Cc1ccc(-c2c(CC(=O)O)c(C)nc3cc(C(C)(C)C)nn23)c(O)c1. The molecule has 0 bridgehead atoms. The van der Waals surface area contributed by atoms with Gasteiger partial charge < -0.3 is 10.2 Å². The van der Waals surface area contributed by atoms with E-state index < -0.39 is 5.97 Å². The minimum absolute atomic E-state index is 0.0938. The molecular formula is C20H23N3O3. The highest BCUT2D eigenvalue weighted by Crippen LogP contribution is 2.35. The van der Waals surface area contributed by atoms with Crippen LogP contribution in [0.4, 0.5) is 0 Å². The van der Waals surface area contributed by atoms with Gasteiger partial charge in [-0.2, -0.15) is 5.10 Å². The lowest BCUT2D eigenvalue weighted by Crippen LogP contribution is -2.13. The molecule has 3 aromatic rings. The molecule has 6 nitrogen and oxygen atoms in total. The topological polar surface area (TPSA) is 87.7 Å². The summed E-state index contributed by atoms with van der Waals surface area (Å²) in [6, 6.07) is 7.25. The molecule has 2 heterocycles. The number of carboxylic acids is 1. The van der Waals surface area contributed by atoms with Gasteiger partial charge in [0.2, 0.25) is 0 Å². The van der Waals surface area contributed by atoms with Crippen LogP contribution in [0.25, 0.3) is 16.9 Å². The van der Waals surface area contributed by atoms with Crippen molar-refractivity contribution in [2.45, 2.75) is 46.5 Å². The number of carboxylic acid groups (broad SMARTS) is 1. The number of aromatic hydroxyl groups is 1. The van der Waals surface area contributed by atoms with E-state index in [2.05, 4.69) is 30.9 Å². The van der Waals surface area contributed by atoms with Crippen LogP contribution >= 0.6 is 0 Å². The number of hydrogen-bond donors (Lipinski definition) is 2. The molecule has 0 aliphatic rings. The molecule has 1 aromatic carbocycles. The van der Waals surface area contributed by atoms with Gasteiger partial charge >= 0.3 is 5.97 Å². The third kappa shape index (κ3) is 3.14. The molecule has 26 heavy (non-hydrogen) atoms. The predicted octanol–water partition coefficient (Wildman–Crippen LogP) is 3.64. The minimum Gasteiger partial charge on any atom is -0.507 e. The van der Waals surface area contributed by atoms with Gasteiger partial charge in [-0.05, 0) is 31.5 Å². The zero-order valence-electron chi connectivity index (χ0n) is 15.7. The fourth-order valence-electron chi connectivity index (χ4n) is 3.00. The molecular weight excluding hydrogens is 330 g/mol. The van der Waals surface area contributed by atoms with Crippen molar-refractivity contribution in [2.24, 2.45) is 0 Å². The summed E-state index contributed by atoms with van der Waals surface area (Å²) in [5.41, 5.74) is 4.52. The normalized spacial score (nSPS) is 11.9. The second kappa shape index (κ2) is 6.12. The van der Waals surface area contributed by atoms with Gasteiger partial charge in [0.15, 0.2) is 5.65 Å². The summed E-state index contributed by atoms with van der Waals surface area (Å²) in [5.74, 6) is -0.860. The number of aryl methyl sites for hydroxylation is 2. The fraction of sp³-hybridized carbons (Fsp3) is 0.350. The summed E-state index contributed by atoms with van der Waals surface area (Å²) in [5, 5.41) is 24.6. The maximum atomic E-state index is 11.4. The van der Waals surface area contributed by atoms with Crippen molar-refractivity contribution in [2.75, 3.05) is 0 Å². The third-order valence-electron chi connectivity index (χ3n) is 4.41. The number of phenols is 1. The van der Waals surface area contributed by atoms with E-state index >= 15 is 0 Å². The largest absolute Gasteiger partial charge is 0.507 e.